The van der Waals surface area contributed by atoms with Crippen molar-refractivity contribution in [2.45, 2.75) is 25.7 Å². The summed E-state index contributed by atoms with van der Waals surface area (Å²) in [6, 6.07) is 10.2. The first-order valence-corrected chi connectivity index (χ1v) is 9.62. The van der Waals surface area contributed by atoms with Gasteiger partial charge in [-0.25, -0.2) is 8.42 Å². The Balaban J connectivity index is 2.21. The number of hydrogen-bond acceptors (Lipinski definition) is 4. The molecule has 2 aromatic rings. The predicted molar refractivity (Wildman–Crippen MR) is 102 cm³/mol. The maximum Gasteiger partial charge on any atom is 0.261 e. The number of benzene rings is 2. The highest BCUT2D eigenvalue weighted by molar-refractivity contribution is 7.92. The summed E-state index contributed by atoms with van der Waals surface area (Å²) >= 11 is 0. The van der Waals surface area contributed by atoms with Crippen molar-refractivity contribution >= 4 is 21.6 Å². The zero-order valence-corrected chi connectivity index (χ0v) is 16.5. The summed E-state index contributed by atoms with van der Waals surface area (Å²) in [5.41, 5.74) is 3.01. The molecular weight excluding hydrogens is 352 g/mol. The van der Waals surface area contributed by atoms with Crippen LogP contribution in [0.5, 0.6) is 5.75 Å². The van der Waals surface area contributed by atoms with Crippen molar-refractivity contribution in [2.24, 2.45) is 0 Å². The number of ether oxygens (including phenoxy) is 1. The SMILES string of the molecule is Cc1ccc(C)c(NS(=O)(=O)c2ccc(OCC(=O)N(C)C)c(C)c2)c1. The van der Waals surface area contributed by atoms with Gasteiger partial charge >= 0.3 is 0 Å². The number of rotatable bonds is 6. The van der Waals surface area contributed by atoms with Gasteiger partial charge in [-0.15, -0.1) is 0 Å². The lowest BCUT2D eigenvalue weighted by Gasteiger charge is -2.15. The summed E-state index contributed by atoms with van der Waals surface area (Å²) in [6.45, 7) is 5.40. The molecule has 0 fully saturated rings. The van der Waals surface area contributed by atoms with Crippen molar-refractivity contribution in [3.63, 3.8) is 0 Å². The second-order valence-electron chi connectivity index (χ2n) is 6.43. The minimum atomic E-state index is -3.72. The molecule has 0 spiro atoms. The molecule has 0 unspecified atom stereocenters. The van der Waals surface area contributed by atoms with E-state index in [-0.39, 0.29) is 17.4 Å². The Kier molecular flexibility index (Phi) is 5.92. The number of anilines is 1. The Labute approximate surface area is 154 Å². The summed E-state index contributed by atoms with van der Waals surface area (Å²) in [5.74, 6) is 0.309. The fourth-order valence-corrected chi connectivity index (χ4v) is 3.48. The Morgan fingerprint density at radius 3 is 2.35 bits per heavy atom. The molecule has 0 aliphatic rings. The van der Waals surface area contributed by atoms with Gasteiger partial charge in [-0.2, -0.15) is 0 Å². The number of aryl methyl sites for hydroxylation is 3. The van der Waals surface area contributed by atoms with Crippen LogP contribution in [-0.4, -0.2) is 39.9 Å². The lowest BCUT2D eigenvalue weighted by molar-refractivity contribution is -0.130. The highest BCUT2D eigenvalue weighted by Crippen LogP contribution is 2.25. The van der Waals surface area contributed by atoms with Gasteiger partial charge < -0.3 is 9.64 Å². The topological polar surface area (TPSA) is 75.7 Å². The summed E-state index contributed by atoms with van der Waals surface area (Å²) in [7, 11) is -0.425. The third-order valence-corrected chi connectivity index (χ3v) is 5.31. The molecule has 6 nitrogen and oxygen atoms in total. The molecule has 2 aromatic carbocycles. The normalized spacial score (nSPS) is 11.1. The Bertz CT molecular complexity index is 921. The molecule has 0 saturated heterocycles. The molecule has 0 atom stereocenters. The fourth-order valence-electron chi connectivity index (χ4n) is 2.27. The number of carbonyl (C=O) groups excluding carboxylic acids is 1. The van der Waals surface area contributed by atoms with Crippen LogP contribution in [0, 0.1) is 20.8 Å². The summed E-state index contributed by atoms with van der Waals surface area (Å²) in [5, 5.41) is 0. The molecule has 1 amide bonds. The molecule has 0 aromatic heterocycles. The molecule has 1 N–H and O–H groups in total. The fraction of sp³-hybridized carbons (Fsp3) is 0.316. The van der Waals surface area contributed by atoms with Crippen molar-refractivity contribution in [3.8, 4) is 5.75 Å². The number of nitrogens with zero attached hydrogens (tertiary/aromatic N) is 1. The van der Waals surface area contributed by atoms with Gasteiger partial charge in [-0.05, 0) is 61.7 Å². The van der Waals surface area contributed by atoms with E-state index in [0.29, 0.717) is 17.0 Å². The predicted octanol–water partition coefficient (Wildman–Crippen LogP) is 2.88. The third-order valence-electron chi connectivity index (χ3n) is 3.94. The van der Waals surface area contributed by atoms with E-state index in [2.05, 4.69) is 4.72 Å². The molecule has 26 heavy (non-hydrogen) atoms. The summed E-state index contributed by atoms with van der Waals surface area (Å²) in [6.07, 6.45) is 0. The monoisotopic (exact) mass is 376 g/mol. The zero-order chi connectivity index (χ0) is 19.5. The first-order chi connectivity index (χ1) is 12.1. The second-order valence-corrected chi connectivity index (χ2v) is 8.11. The molecule has 0 aliphatic heterocycles. The van der Waals surface area contributed by atoms with E-state index in [9.17, 15) is 13.2 Å². The molecule has 0 radical (unpaired) electrons. The Hall–Kier alpha value is -2.54. The average Bonchev–Trinajstić information content (AvgIpc) is 2.56. The first kappa shape index (κ1) is 19.8. The van der Waals surface area contributed by atoms with Crippen LogP contribution in [-0.2, 0) is 14.8 Å². The van der Waals surface area contributed by atoms with Gasteiger partial charge in [0.05, 0.1) is 10.6 Å². The molecule has 0 saturated carbocycles. The van der Waals surface area contributed by atoms with Crippen molar-refractivity contribution in [1.29, 1.82) is 0 Å². The maximum absolute atomic E-state index is 12.7. The molecule has 140 valence electrons. The molecule has 7 heteroatoms. The van der Waals surface area contributed by atoms with Crippen LogP contribution in [0.3, 0.4) is 0 Å². The third kappa shape index (κ3) is 4.76. The smallest absolute Gasteiger partial charge is 0.261 e. The molecule has 2 rings (SSSR count). The molecular formula is C19H24N2O4S. The summed E-state index contributed by atoms with van der Waals surface area (Å²) in [4.78, 5) is 13.2. The minimum absolute atomic E-state index is 0.0966. The van der Waals surface area contributed by atoms with Crippen LogP contribution in [0.25, 0.3) is 0 Å². The molecule has 0 bridgehead atoms. The van der Waals surface area contributed by atoms with Crippen LogP contribution >= 0.6 is 0 Å². The lowest BCUT2D eigenvalue weighted by Crippen LogP contribution is -2.27. The van der Waals surface area contributed by atoms with E-state index in [1.165, 1.54) is 17.0 Å². The zero-order valence-electron chi connectivity index (χ0n) is 15.7. The van der Waals surface area contributed by atoms with Gasteiger partial charge in [0, 0.05) is 14.1 Å². The van der Waals surface area contributed by atoms with Crippen molar-refractivity contribution < 1.29 is 17.9 Å². The quantitative estimate of drug-likeness (QED) is 0.841. The van der Waals surface area contributed by atoms with E-state index >= 15 is 0 Å². The number of hydrogen-bond donors (Lipinski definition) is 1. The summed E-state index contributed by atoms with van der Waals surface area (Å²) < 4.78 is 33.4. The highest BCUT2D eigenvalue weighted by atomic mass is 32.2. The average molecular weight is 376 g/mol. The van der Waals surface area contributed by atoms with Crippen molar-refractivity contribution in [1.82, 2.24) is 4.90 Å². The van der Waals surface area contributed by atoms with Crippen LogP contribution in [0.4, 0.5) is 5.69 Å². The Morgan fingerprint density at radius 2 is 1.73 bits per heavy atom. The molecule has 0 aliphatic carbocycles. The van der Waals surface area contributed by atoms with E-state index < -0.39 is 10.0 Å². The highest BCUT2D eigenvalue weighted by Gasteiger charge is 2.17. The van der Waals surface area contributed by atoms with Gasteiger partial charge in [-0.1, -0.05) is 12.1 Å². The maximum atomic E-state index is 12.7. The number of carbonyl (C=O) groups is 1. The minimum Gasteiger partial charge on any atom is -0.483 e. The van der Waals surface area contributed by atoms with Crippen molar-refractivity contribution in [2.75, 3.05) is 25.4 Å². The van der Waals surface area contributed by atoms with Crippen LogP contribution < -0.4 is 9.46 Å². The van der Waals surface area contributed by atoms with Crippen LogP contribution in [0.2, 0.25) is 0 Å². The number of nitrogens with one attached hydrogen (secondary N) is 1. The van der Waals surface area contributed by atoms with E-state index in [0.717, 1.165) is 11.1 Å². The second kappa shape index (κ2) is 7.78. The van der Waals surface area contributed by atoms with Gasteiger partial charge in [0.25, 0.3) is 15.9 Å². The van der Waals surface area contributed by atoms with Gasteiger partial charge in [0.15, 0.2) is 6.61 Å². The van der Waals surface area contributed by atoms with E-state index in [1.54, 1.807) is 33.2 Å². The lowest BCUT2D eigenvalue weighted by atomic mass is 10.1. The Morgan fingerprint density at radius 1 is 1.04 bits per heavy atom. The van der Waals surface area contributed by atoms with Gasteiger partial charge in [-0.3, -0.25) is 9.52 Å². The number of amides is 1. The van der Waals surface area contributed by atoms with E-state index in [1.807, 2.05) is 26.0 Å². The van der Waals surface area contributed by atoms with Gasteiger partial charge in [0.2, 0.25) is 0 Å². The van der Waals surface area contributed by atoms with Gasteiger partial charge in [0.1, 0.15) is 5.75 Å². The van der Waals surface area contributed by atoms with Crippen molar-refractivity contribution in [3.05, 3.63) is 53.1 Å². The van der Waals surface area contributed by atoms with E-state index in [4.69, 9.17) is 4.74 Å². The first-order valence-electron chi connectivity index (χ1n) is 8.14. The number of sulfonamides is 1. The molecule has 0 heterocycles. The standard InChI is InChI=1S/C19H24N2O4S/c1-13-6-7-14(2)17(10-13)20-26(23,24)16-8-9-18(15(3)11-16)25-12-19(22)21(4)5/h6-11,20H,12H2,1-5H3. The van der Waals surface area contributed by atoms with Crippen LogP contribution in [0.1, 0.15) is 16.7 Å². The van der Waals surface area contributed by atoms with Crippen LogP contribution in [0.15, 0.2) is 41.3 Å². The number of likely N-dealkylation sites (N-methyl/N-ethyl adjacent to an activating group) is 1. The largest absolute Gasteiger partial charge is 0.483 e.